The molecule has 0 radical (unpaired) electrons. The van der Waals surface area contributed by atoms with Crippen molar-refractivity contribution in [3.05, 3.63) is 38.1 Å². The summed E-state index contributed by atoms with van der Waals surface area (Å²) < 4.78 is 13.2. The highest BCUT2D eigenvalue weighted by molar-refractivity contribution is 9.10. The van der Waals surface area contributed by atoms with E-state index in [1.54, 1.807) is 0 Å². The number of carbonyl (C=O) groups is 1. The van der Waals surface area contributed by atoms with E-state index in [0.29, 0.717) is 0 Å². The molecule has 0 aliphatic heterocycles. The van der Waals surface area contributed by atoms with Crippen molar-refractivity contribution < 1.29 is 24.3 Å². The highest BCUT2D eigenvalue weighted by Gasteiger charge is 2.31. The van der Waals surface area contributed by atoms with Gasteiger partial charge in [-0.3, -0.25) is 10.1 Å². The number of nitro benzene ring substituents is 1. The quantitative estimate of drug-likeness (QED) is 0.651. The minimum atomic E-state index is -2.28. The van der Waals surface area contributed by atoms with Crippen molar-refractivity contribution >= 4 is 27.6 Å². The van der Waals surface area contributed by atoms with E-state index in [1.165, 1.54) is 0 Å². The number of nitrogens with zero attached hydrogens (tertiary/aromatic N) is 1. The Kier molecular flexibility index (Phi) is 3.55. The fourth-order valence-corrected chi connectivity index (χ4v) is 1.62. The molecular formula is C8H5BrFNO5. The summed E-state index contributed by atoms with van der Waals surface area (Å²) in [5.74, 6) is -2.91. The zero-order valence-corrected chi connectivity index (χ0v) is 9.14. The third-order valence-electron chi connectivity index (χ3n) is 1.80. The normalized spacial score (nSPS) is 12.2. The van der Waals surface area contributed by atoms with E-state index in [-0.39, 0.29) is 4.47 Å². The summed E-state index contributed by atoms with van der Waals surface area (Å²) in [6.45, 7) is 0. The molecule has 1 atom stereocenters. The molecule has 1 aromatic rings. The molecule has 0 bridgehead atoms. The van der Waals surface area contributed by atoms with Crippen LogP contribution in [0.25, 0.3) is 0 Å². The van der Waals surface area contributed by atoms with Gasteiger partial charge in [0.15, 0.2) is 6.10 Å². The highest BCUT2D eigenvalue weighted by Crippen LogP contribution is 2.34. The predicted molar refractivity (Wildman–Crippen MR) is 53.4 cm³/mol. The van der Waals surface area contributed by atoms with Gasteiger partial charge in [0.1, 0.15) is 11.4 Å². The van der Waals surface area contributed by atoms with Crippen LogP contribution in [0.4, 0.5) is 10.1 Å². The second kappa shape index (κ2) is 4.54. The number of aliphatic hydroxyl groups is 1. The first kappa shape index (κ1) is 12.5. The zero-order valence-electron chi connectivity index (χ0n) is 7.55. The Balaban J connectivity index is 3.52. The van der Waals surface area contributed by atoms with Crippen LogP contribution in [0.1, 0.15) is 11.7 Å². The van der Waals surface area contributed by atoms with Gasteiger partial charge in [-0.15, -0.1) is 0 Å². The fourth-order valence-electron chi connectivity index (χ4n) is 1.13. The van der Waals surface area contributed by atoms with E-state index in [9.17, 15) is 19.3 Å². The molecule has 0 aliphatic rings. The Hall–Kier alpha value is -1.54. The molecule has 1 rings (SSSR count). The van der Waals surface area contributed by atoms with Crippen molar-refractivity contribution in [2.45, 2.75) is 6.10 Å². The van der Waals surface area contributed by atoms with Crippen molar-refractivity contribution in [3.63, 3.8) is 0 Å². The Bertz CT molecular complexity index is 464. The van der Waals surface area contributed by atoms with Crippen molar-refractivity contribution in [1.82, 2.24) is 0 Å². The molecule has 0 fully saturated rings. The molecule has 0 amide bonds. The number of benzene rings is 1. The Morgan fingerprint density at radius 3 is 2.56 bits per heavy atom. The Labute approximate surface area is 96.6 Å². The first-order valence-electron chi connectivity index (χ1n) is 3.89. The van der Waals surface area contributed by atoms with Crippen LogP contribution >= 0.6 is 15.9 Å². The summed E-state index contributed by atoms with van der Waals surface area (Å²) in [7, 11) is 0. The largest absolute Gasteiger partial charge is 0.479 e. The second-order valence-electron chi connectivity index (χ2n) is 2.79. The molecule has 0 spiro atoms. The number of aliphatic carboxylic acids is 1. The topological polar surface area (TPSA) is 101 Å². The number of halogens is 2. The number of nitro groups is 1. The molecule has 86 valence electrons. The van der Waals surface area contributed by atoms with Gasteiger partial charge < -0.3 is 10.2 Å². The molecule has 2 N–H and O–H groups in total. The van der Waals surface area contributed by atoms with Crippen LogP contribution in [-0.2, 0) is 4.79 Å². The van der Waals surface area contributed by atoms with E-state index < -0.39 is 34.1 Å². The van der Waals surface area contributed by atoms with Crippen LogP contribution in [0.5, 0.6) is 0 Å². The highest BCUT2D eigenvalue weighted by atomic mass is 79.9. The lowest BCUT2D eigenvalue weighted by atomic mass is 10.1. The molecule has 0 aromatic heterocycles. The van der Waals surface area contributed by atoms with Gasteiger partial charge in [0.05, 0.1) is 9.40 Å². The molecule has 0 heterocycles. The Morgan fingerprint density at radius 2 is 2.12 bits per heavy atom. The second-order valence-corrected chi connectivity index (χ2v) is 3.64. The number of aliphatic hydroxyl groups excluding tert-OH is 1. The summed E-state index contributed by atoms with van der Waals surface area (Å²) in [6, 6.07) is 1.89. The average Bonchev–Trinajstić information content (AvgIpc) is 2.19. The van der Waals surface area contributed by atoms with Crippen LogP contribution in [0.15, 0.2) is 16.6 Å². The van der Waals surface area contributed by atoms with E-state index in [0.717, 1.165) is 12.1 Å². The zero-order chi connectivity index (χ0) is 12.5. The third-order valence-corrected chi connectivity index (χ3v) is 2.44. The smallest absolute Gasteiger partial charge is 0.337 e. The summed E-state index contributed by atoms with van der Waals surface area (Å²) >= 11 is 2.79. The molecule has 0 saturated carbocycles. The van der Waals surface area contributed by atoms with Crippen LogP contribution in [0.3, 0.4) is 0 Å². The fraction of sp³-hybridized carbons (Fsp3) is 0.125. The van der Waals surface area contributed by atoms with E-state index in [1.807, 2.05) is 0 Å². The SMILES string of the molecule is O=C(O)C(O)c1c(F)ccc(Br)c1[N+](=O)[O-]. The minimum absolute atomic E-state index is 0.103. The molecule has 6 nitrogen and oxygen atoms in total. The van der Waals surface area contributed by atoms with Crippen LogP contribution in [-0.4, -0.2) is 21.1 Å². The molecule has 1 aromatic carbocycles. The van der Waals surface area contributed by atoms with Crippen LogP contribution in [0.2, 0.25) is 0 Å². The predicted octanol–water partition coefficient (Wildman–Crippen LogP) is 1.61. The maximum Gasteiger partial charge on any atom is 0.337 e. The van der Waals surface area contributed by atoms with Gasteiger partial charge in [0, 0.05) is 0 Å². The summed E-state index contributed by atoms with van der Waals surface area (Å²) in [5.41, 5.74) is -1.67. The monoisotopic (exact) mass is 293 g/mol. The van der Waals surface area contributed by atoms with Gasteiger partial charge in [-0.25, -0.2) is 9.18 Å². The molecule has 1 unspecified atom stereocenters. The summed E-state index contributed by atoms with van der Waals surface area (Å²) in [5, 5.41) is 28.3. The van der Waals surface area contributed by atoms with Gasteiger partial charge in [-0.2, -0.15) is 0 Å². The first-order valence-corrected chi connectivity index (χ1v) is 4.68. The van der Waals surface area contributed by atoms with Crippen molar-refractivity contribution in [2.24, 2.45) is 0 Å². The number of carboxylic acids is 1. The molecule has 16 heavy (non-hydrogen) atoms. The molecule has 0 saturated heterocycles. The van der Waals surface area contributed by atoms with Crippen molar-refractivity contribution in [2.75, 3.05) is 0 Å². The van der Waals surface area contributed by atoms with E-state index in [4.69, 9.17) is 10.2 Å². The maximum atomic E-state index is 13.3. The lowest BCUT2D eigenvalue weighted by Gasteiger charge is -2.08. The molecule has 0 aliphatic carbocycles. The number of hydrogen-bond acceptors (Lipinski definition) is 4. The van der Waals surface area contributed by atoms with Gasteiger partial charge in [-0.1, -0.05) is 0 Å². The summed E-state index contributed by atoms with van der Waals surface area (Å²) in [6.07, 6.45) is -2.28. The average molecular weight is 294 g/mol. The molecular weight excluding hydrogens is 289 g/mol. The van der Waals surface area contributed by atoms with Crippen molar-refractivity contribution in [1.29, 1.82) is 0 Å². The van der Waals surface area contributed by atoms with Crippen LogP contribution in [0, 0.1) is 15.9 Å². The number of rotatable bonds is 3. The maximum absolute atomic E-state index is 13.3. The number of carboxylic acid groups (broad SMARTS) is 1. The number of hydrogen-bond donors (Lipinski definition) is 2. The van der Waals surface area contributed by atoms with Crippen molar-refractivity contribution in [3.8, 4) is 0 Å². The Morgan fingerprint density at radius 1 is 1.56 bits per heavy atom. The van der Waals surface area contributed by atoms with Crippen LogP contribution < -0.4 is 0 Å². The van der Waals surface area contributed by atoms with Gasteiger partial charge in [0.2, 0.25) is 0 Å². The summed E-state index contributed by atoms with van der Waals surface area (Å²) in [4.78, 5) is 20.1. The minimum Gasteiger partial charge on any atom is -0.479 e. The lowest BCUT2D eigenvalue weighted by Crippen LogP contribution is -2.14. The third kappa shape index (κ3) is 2.17. The van der Waals surface area contributed by atoms with E-state index >= 15 is 0 Å². The standard InChI is InChI=1S/C8H5BrFNO5/c9-3-1-2-4(10)5(6(3)11(15)16)7(12)8(13)14/h1-2,7,12H,(H,13,14). The first-order chi connectivity index (χ1) is 7.36. The lowest BCUT2D eigenvalue weighted by molar-refractivity contribution is -0.387. The van der Waals surface area contributed by atoms with E-state index in [2.05, 4.69) is 15.9 Å². The van der Waals surface area contributed by atoms with Gasteiger partial charge >= 0.3 is 5.97 Å². The van der Waals surface area contributed by atoms with Gasteiger partial charge in [0.25, 0.3) is 5.69 Å². The molecule has 8 heteroatoms. The van der Waals surface area contributed by atoms with Gasteiger partial charge in [-0.05, 0) is 28.1 Å².